The zero-order valence-corrected chi connectivity index (χ0v) is 12.4. The molecule has 1 aromatic heterocycles. The molecule has 1 amide bonds. The Morgan fingerprint density at radius 3 is 2.52 bits per heavy atom. The summed E-state index contributed by atoms with van der Waals surface area (Å²) in [5, 5.41) is 7.12. The number of nitrogens with zero attached hydrogens (tertiary/aromatic N) is 2. The van der Waals surface area contributed by atoms with Crippen LogP contribution in [0.5, 0.6) is 0 Å². The molecular formula is C18H16FN3O. The van der Waals surface area contributed by atoms with Crippen LogP contribution in [0.1, 0.15) is 11.1 Å². The molecular weight excluding hydrogens is 293 g/mol. The molecule has 0 aliphatic carbocycles. The Morgan fingerprint density at radius 2 is 1.78 bits per heavy atom. The lowest BCUT2D eigenvalue weighted by atomic mass is 10.1. The maximum absolute atomic E-state index is 12.8. The van der Waals surface area contributed by atoms with Crippen LogP contribution in [0.15, 0.2) is 67.0 Å². The van der Waals surface area contributed by atoms with Crippen molar-refractivity contribution >= 4 is 5.91 Å². The Morgan fingerprint density at radius 1 is 1.04 bits per heavy atom. The van der Waals surface area contributed by atoms with E-state index < -0.39 is 0 Å². The van der Waals surface area contributed by atoms with Crippen molar-refractivity contribution in [3.05, 3.63) is 83.9 Å². The van der Waals surface area contributed by atoms with Gasteiger partial charge in [-0.15, -0.1) is 0 Å². The maximum atomic E-state index is 12.8. The highest BCUT2D eigenvalue weighted by Crippen LogP contribution is 2.08. The van der Waals surface area contributed by atoms with Crippen molar-refractivity contribution in [1.82, 2.24) is 15.1 Å². The number of amides is 1. The molecule has 0 unspecified atom stereocenters. The first kappa shape index (κ1) is 15.0. The van der Waals surface area contributed by atoms with Gasteiger partial charge in [0.15, 0.2) is 0 Å². The highest BCUT2D eigenvalue weighted by molar-refractivity contribution is 5.78. The minimum absolute atomic E-state index is 0.107. The van der Waals surface area contributed by atoms with E-state index in [1.165, 1.54) is 12.1 Å². The van der Waals surface area contributed by atoms with E-state index in [0.717, 1.165) is 16.8 Å². The van der Waals surface area contributed by atoms with Gasteiger partial charge in [-0.3, -0.25) is 4.79 Å². The fourth-order valence-electron chi connectivity index (χ4n) is 2.22. The van der Waals surface area contributed by atoms with Gasteiger partial charge >= 0.3 is 0 Å². The molecule has 0 atom stereocenters. The van der Waals surface area contributed by atoms with Crippen molar-refractivity contribution in [2.24, 2.45) is 0 Å². The summed E-state index contributed by atoms with van der Waals surface area (Å²) in [5.41, 5.74) is 2.67. The van der Waals surface area contributed by atoms with Crippen LogP contribution in [-0.4, -0.2) is 15.7 Å². The number of rotatable bonds is 5. The minimum atomic E-state index is -0.303. The molecule has 1 heterocycles. The van der Waals surface area contributed by atoms with Crippen molar-refractivity contribution in [3.8, 4) is 5.69 Å². The van der Waals surface area contributed by atoms with Gasteiger partial charge in [0.05, 0.1) is 18.3 Å². The second-order valence-electron chi connectivity index (χ2n) is 5.21. The summed E-state index contributed by atoms with van der Waals surface area (Å²) in [7, 11) is 0. The van der Waals surface area contributed by atoms with Crippen LogP contribution < -0.4 is 5.32 Å². The van der Waals surface area contributed by atoms with E-state index in [9.17, 15) is 9.18 Å². The molecule has 0 aliphatic rings. The van der Waals surface area contributed by atoms with E-state index in [1.807, 2.05) is 36.5 Å². The van der Waals surface area contributed by atoms with Crippen LogP contribution in [-0.2, 0) is 17.8 Å². The maximum Gasteiger partial charge on any atom is 0.224 e. The Hall–Kier alpha value is -2.95. The van der Waals surface area contributed by atoms with Gasteiger partial charge in [-0.05, 0) is 29.8 Å². The first-order chi connectivity index (χ1) is 11.2. The smallest absolute Gasteiger partial charge is 0.224 e. The first-order valence-electron chi connectivity index (χ1n) is 7.31. The van der Waals surface area contributed by atoms with Gasteiger partial charge < -0.3 is 5.32 Å². The average molecular weight is 309 g/mol. The number of para-hydroxylation sites is 1. The SMILES string of the molecule is O=C(Cc1ccc(F)cc1)NCc1cnn(-c2ccccc2)c1. The van der Waals surface area contributed by atoms with E-state index in [0.29, 0.717) is 6.54 Å². The molecule has 5 heteroatoms. The highest BCUT2D eigenvalue weighted by Gasteiger charge is 2.05. The molecule has 1 N–H and O–H groups in total. The lowest BCUT2D eigenvalue weighted by molar-refractivity contribution is -0.120. The Labute approximate surface area is 133 Å². The minimum Gasteiger partial charge on any atom is -0.352 e. The van der Waals surface area contributed by atoms with Crippen LogP contribution in [0.2, 0.25) is 0 Å². The second kappa shape index (κ2) is 6.87. The van der Waals surface area contributed by atoms with Crippen molar-refractivity contribution in [1.29, 1.82) is 0 Å². The number of benzene rings is 2. The van der Waals surface area contributed by atoms with E-state index in [-0.39, 0.29) is 18.1 Å². The molecule has 116 valence electrons. The van der Waals surface area contributed by atoms with Crippen molar-refractivity contribution in [3.63, 3.8) is 0 Å². The fraction of sp³-hybridized carbons (Fsp3) is 0.111. The van der Waals surface area contributed by atoms with Gasteiger partial charge in [0.2, 0.25) is 5.91 Å². The molecule has 0 spiro atoms. The van der Waals surface area contributed by atoms with Gasteiger partial charge in [0.25, 0.3) is 0 Å². The molecule has 3 aromatic rings. The number of carbonyl (C=O) groups excluding carboxylic acids is 1. The average Bonchev–Trinajstić information content (AvgIpc) is 3.05. The van der Waals surface area contributed by atoms with Crippen molar-refractivity contribution in [2.75, 3.05) is 0 Å². The van der Waals surface area contributed by atoms with Crippen LogP contribution >= 0.6 is 0 Å². The summed E-state index contributed by atoms with van der Waals surface area (Å²) in [6.07, 6.45) is 3.84. The molecule has 2 aromatic carbocycles. The molecule has 23 heavy (non-hydrogen) atoms. The number of carbonyl (C=O) groups is 1. The molecule has 0 fully saturated rings. The summed E-state index contributed by atoms with van der Waals surface area (Å²) >= 11 is 0. The standard InChI is InChI=1S/C18H16FN3O/c19-16-8-6-14(7-9-16)10-18(23)20-11-15-12-21-22(13-15)17-4-2-1-3-5-17/h1-9,12-13H,10-11H2,(H,20,23). The van der Waals surface area contributed by atoms with E-state index in [2.05, 4.69) is 10.4 Å². The number of hydrogen-bond donors (Lipinski definition) is 1. The lowest BCUT2D eigenvalue weighted by Gasteiger charge is -2.04. The topological polar surface area (TPSA) is 46.9 Å². The van der Waals surface area contributed by atoms with Crippen LogP contribution in [0.3, 0.4) is 0 Å². The monoisotopic (exact) mass is 309 g/mol. The molecule has 0 radical (unpaired) electrons. The zero-order valence-electron chi connectivity index (χ0n) is 12.4. The number of aromatic nitrogens is 2. The summed E-state index contributed by atoms with van der Waals surface area (Å²) in [4.78, 5) is 11.9. The van der Waals surface area contributed by atoms with E-state index >= 15 is 0 Å². The fourth-order valence-corrected chi connectivity index (χ4v) is 2.22. The van der Waals surface area contributed by atoms with Gasteiger partial charge in [0.1, 0.15) is 5.82 Å². The Balaban J connectivity index is 1.55. The van der Waals surface area contributed by atoms with E-state index in [1.54, 1.807) is 23.0 Å². The number of halogens is 1. The summed E-state index contributed by atoms with van der Waals surface area (Å²) in [5.74, 6) is -0.411. The van der Waals surface area contributed by atoms with Gasteiger partial charge in [0, 0.05) is 18.3 Å². The van der Waals surface area contributed by atoms with Gasteiger partial charge in [-0.25, -0.2) is 9.07 Å². The predicted molar refractivity (Wildman–Crippen MR) is 85.5 cm³/mol. The van der Waals surface area contributed by atoms with Gasteiger partial charge in [-0.1, -0.05) is 30.3 Å². The zero-order chi connectivity index (χ0) is 16.1. The third kappa shape index (κ3) is 4.03. The molecule has 0 bridgehead atoms. The summed E-state index contributed by atoms with van der Waals surface area (Å²) < 4.78 is 14.6. The van der Waals surface area contributed by atoms with Crippen molar-refractivity contribution in [2.45, 2.75) is 13.0 Å². The predicted octanol–water partition coefficient (Wildman–Crippen LogP) is 2.87. The van der Waals surface area contributed by atoms with Crippen LogP contribution in [0.25, 0.3) is 5.69 Å². The lowest BCUT2D eigenvalue weighted by Crippen LogP contribution is -2.24. The third-order valence-electron chi connectivity index (χ3n) is 3.42. The molecule has 3 rings (SSSR count). The number of nitrogens with one attached hydrogen (secondary N) is 1. The summed E-state index contributed by atoms with van der Waals surface area (Å²) in [6, 6.07) is 15.7. The largest absolute Gasteiger partial charge is 0.352 e. The second-order valence-corrected chi connectivity index (χ2v) is 5.21. The van der Waals surface area contributed by atoms with Crippen LogP contribution in [0, 0.1) is 5.82 Å². The highest BCUT2D eigenvalue weighted by atomic mass is 19.1. The Kier molecular flexibility index (Phi) is 4.47. The molecule has 4 nitrogen and oxygen atoms in total. The quantitative estimate of drug-likeness (QED) is 0.788. The normalized spacial score (nSPS) is 10.5. The van der Waals surface area contributed by atoms with Crippen molar-refractivity contribution < 1.29 is 9.18 Å². The van der Waals surface area contributed by atoms with Gasteiger partial charge in [-0.2, -0.15) is 5.10 Å². The molecule has 0 saturated carbocycles. The van der Waals surface area contributed by atoms with Crippen LogP contribution in [0.4, 0.5) is 4.39 Å². The third-order valence-corrected chi connectivity index (χ3v) is 3.42. The molecule has 0 saturated heterocycles. The first-order valence-corrected chi connectivity index (χ1v) is 7.31. The summed E-state index contributed by atoms with van der Waals surface area (Å²) in [6.45, 7) is 0.410. The number of hydrogen-bond acceptors (Lipinski definition) is 2. The molecule has 0 aliphatic heterocycles. The Bertz CT molecular complexity index is 782. The van der Waals surface area contributed by atoms with E-state index in [4.69, 9.17) is 0 Å².